The lowest BCUT2D eigenvalue weighted by molar-refractivity contribution is 0.209. The van der Waals surface area contributed by atoms with Crippen LogP contribution < -0.4 is 9.47 Å². The monoisotopic (exact) mass is 546 g/mol. The van der Waals surface area contributed by atoms with Crippen molar-refractivity contribution in [2.24, 2.45) is 0 Å². The van der Waals surface area contributed by atoms with Gasteiger partial charge in [0.25, 0.3) is 0 Å². The summed E-state index contributed by atoms with van der Waals surface area (Å²) in [5.74, 6) is 1.78. The molecule has 0 N–H and O–H groups in total. The van der Waals surface area contributed by atoms with E-state index < -0.39 is 5.41 Å². The fourth-order valence-corrected chi connectivity index (χ4v) is 5.93. The second-order valence-electron chi connectivity index (χ2n) is 10.3. The van der Waals surface area contributed by atoms with Crippen LogP contribution in [0.4, 0.5) is 0 Å². The normalized spacial score (nSPS) is 12.6. The number of ether oxygens (including phenoxy) is 4. The third-order valence-corrected chi connectivity index (χ3v) is 7.73. The smallest absolute Gasteiger partial charge is 0.122 e. The molecule has 0 spiro atoms. The van der Waals surface area contributed by atoms with Crippen LogP contribution >= 0.6 is 0 Å². The molecule has 1 aliphatic rings. The lowest BCUT2D eigenvalue weighted by atomic mass is 9.67. The molecule has 4 aromatic rings. The molecule has 4 nitrogen and oxygen atoms in total. The molecule has 1 aliphatic carbocycles. The summed E-state index contributed by atoms with van der Waals surface area (Å²) in [7, 11) is 0. The summed E-state index contributed by atoms with van der Waals surface area (Å²) in [5, 5.41) is 0. The van der Waals surface area contributed by atoms with Gasteiger partial charge in [-0.25, -0.2) is 0 Å². The molecule has 0 heterocycles. The summed E-state index contributed by atoms with van der Waals surface area (Å²) in [6, 6.07) is 30.8. The molecular weight excluding hydrogens is 508 g/mol. The van der Waals surface area contributed by atoms with Gasteiger partial charge >= 0.3 is 0 Å². The fraction of sp³-hybridized carbons (Fsp3) is 0.243. The first-order chi connectivity index (χ1) is 20.1. The SMILES string of the molecule is C=COCCCOc1ccc(C2(c3ccc(OCCCOC=C)c(C)c3)c3ccccc3-c3ccccc32)cc1C. The first-order valence-corrected chi connectivity index (χ1v) is 14.2. The van der Waals surface area contributed by atoms with E-state index in [0.717, 1.165) is 35.5 Å². The molecule has 0 unspecified atom stereocenters. The standard InChI is InChI=1S/C37H38O4/c1-5-38-21-11-23-40-35-19-17-29(25-27(35)3)37(30-18-20-36(28(4)26-30)41-24-12-22-39-6-2)33-15-9-7-13-31(33)32-14-8-10-16-34(32)37/h5-10,13-20,25-26H,1-2,11-12,21-24H2,3-4H3. The molecule has 0 aromatic heterocycles. The van der Waals surface area contributed by atoms with Crippen molar-refractivity contribution in [3.05, 3.63) is 144 Å². The zero-order valence-corrected chi connectivity index (χ0v) is 24.0. The molecule has 0 fully saturated rings. The van der Waals surface area contributed by atoms with Gasteiger partial charge in [0.1, 0.15) is 11.5 Å². The van der Waals surface area contributed by atoms with Crippen molar-refractivity contribution in [2.75, 3.05) is 26.4 Å². The average molecular weight is 547 g/mol. The maximum Gasteiger partial charge on any atom is 0.122 e. The largest absolute Gasteiger partial charge is 0.502 e. The molecular formula is C37H38O4. The molecule has 0 amide bonds. The van der Waals surface area contributed by atoms with Gasteiger partial charge in [0, 0.05) is 12.8 Å². The van der Waals surface area contributed by atoms with E-state index in [-0.39, 0.29) is 0 Å². The van der Waals surface area contributed by atoms with Crippen LogP contribution in [0.5, 0.6) is 11.5 Å². The first kappa shape index (κ1) is 28.1. The number of benzene rings is 4. The molecule has 0 atom stereocenters. The Labute approximate surface area is 243 Å². The van der Waals surface area contributed by atoms with Crippen LogP contribution in [-0.2, 0) is 14.9 Å². The van der Waals surface area contributed by atoms with E-state index in [1.807, 2.05) is 0 Å². The van der Waals surface area contributed by atoms with Crippen LogP contribution in [0.2, 0.25) is 0 Å². The minimum absolute atomic E-state index is 0.477. The molecule has 0 radical (unpaired) electrons. The van der Waals surface area contributed by atoms with E-state index in [0.29, 0.717) is 26.4 Å². The third-order valence-electron chi connectivity index (χ3n) is 7.73. The Bertz CT molecular complexity index is 1400. The summed E-state index contributed by atoms with van der Waals surface area (Å²) >= 11 is 0. The Balaban J connectivity index is 1.58. The average Bonchev–Trinajstić information content (AvgIpc) is 3.29. The van der Waals surface area contributed by atoms with Crippen molar-refractivity contribution in [1.29, 1.82) is 0 Å². The van der Waals surface area contributed by atoms with Crippen molar-refractivity contribution >= 4 is 0 Å². The number of rotatable bonds is 14. The van der Waals surface area contributed by atoms with Crippen LogP contribution in [0, 0.1) is 13.8 Å². The van der Waals surface area contributed by atoms with Crippen molar-refractivity contribution in [3.8, 4) is 22.6 Å². The summed E-state index contributed by atoms with van der Waals surface area (Å²) in [4.78, 5) is 0. The zero-order chi connectivity index (χ0) is 28.7. The van der Waals surface area contributed by atoms with Crippen molar-refractivity contribution in [1.82, 2.24) is 0 Å². The summed E-state index contributed by atoms with van der Waals surface area (Å²) in [6.07, 6.45) is 4.53. The second-order valence-corrected chi connectivity index (χ2v) is 10.3. The molecule has 210 valence electrons. The zero-order valence-electron chi connectivity index (χ0n) is 24.0. The molecule has 5 rings (SSSR count). The highest BCUT2D eigenvalue weighted by Gasteiger charge is 2.46. The highest BCUT2D eigenvalue weighted by atomic mass is 16.5. The summed E-state index contributed by atoms with van der Waals surface area (Å²) < 4.78 is 22.7. The molecule has 4 aromatic carbocycles. The van der Waals surface area contributed by atoms with Gasteiger partial charge < -0.3 is 18.9 Å². The van der Waals surface area contributed by atoms with Gasteiger partial charge in [-0.1, -0.05) is 86.0 Å². The Hall–Kier alpha value is -4.44. The molecule has 0 aliphatic heterocycles. The molecule has 0 saturated heterocycles. The highest BCUT2D eigenvalue weighted by molar-refractivity contribution is 5.86. The predicted octanol–water partition coefficient (Wildman–Crippen LogP) is 8.52. The van der Waals surface area contributed by atoms with Gasteiger partial charge in [-0.15, -0.1) is 0 Å². The number of hydrogen-bond acceptors (Lipinski definition) is 4. The Kier molecular flexibility index (Phi) is 8.79. The van der Waals surface area contributed by atoms with E-state index in [1.54, 1.807) is 0 Å². The van der Waals surface area contributed by atoms with Gasteiger partial charge in [-0.05, 0) is 70.5 Å². The van der Waals surface area contributed by atoms with Gasteiger partial charge in [0.2, 0.25) is 0 Å². The topological polar surface area (TPSA) is 36.9 Å². The maximum atomic E-state index is 6.13. The van der Waals surface area contributed by atoms with Gasteiger partial charge in [0.15, 0.2) is 0 Å². The van der Waals surface area contributed by atoms with Crippen LogP contribution in [0.25, 0.3) is 11.1 Å². The molecule has 0 bridgehead atoms. The molecule has 4 heteroatoms. The van der Waals surface area contributed by atoms with E-state index in [2.05, 4.69) is 112 Å². The van der Waals surface area contributed by atoms with Gasteiger partial charge in [0.05, 0.1) is 44.4 Å². The molecule has 0 saturated carbocycles. The fourth-order valence-electron chi connectivity index (χ4n) is 5.93. The van der Waals surface area contributed by atoms with Crippen LogP contribution in [0.1, 0.15) is 46.2 Å². The maximum absolute atomic E-state index is 6.13. The minimum Gasteiger partial charge on any atom is -0.502 e. The van der Waals surface area contributed by atoms with Crippen molar-refractivity contribution in [3.63, 3.8) is 0 Å². The Morgan fingerprint density at radius 3 is 1.44 bits per heavy atom. The second kappa shape index (κ2) is 12.8. The van der Waals surface area contributed by atoms with Crippen molar-refractivity contribution < 1.29 is 18.9 Å². The van der Waals surface area contributed by atoms with Crippen LogP contribution in [0.3, 0.4) is 0 Å². The van der Waals surface area contributed by atoms with E-state index >= 15 is 0 Å². The van der Waals surface area contributed by atoms with E-state index in [9.17, 15) is 0 Å². The lowest BCUT2D eigenvalue weighted by Gasteiger charge is -2.34. The van der Waals surface area contributed by atoms with Crippen LogP contribution in [0.15, 0.2) is 111 Å². The number of fused-ring (bicyclic) bond motifs is 3. The first-order valence-electron chi connectivity index (χ1n) is 14.2. The highest BCUT2D eigenvalue weighted by Crippen LogP contribution is 2.56. The van der Waals surface area contributed by atoms with Gasteiger partial charge in [-0.2, -0.15) is 0 Å². The summed E-state index contributed by atoms with van der Waals surface area (Å²) in [5.41, 5.74) is 9.25. The minimum atomic E-state index is -0.477. The number of hydrogen-bond donors (Lipinski definition) is 0. The quantitative estimate of drug-likeness (QED) is 0.103. The predicted molar refractivity (Wildman–Crippen MR) is 166 cm³/mol. The number of aryl methyl sites for hydroxylation is 2. The summed E-state index contributed by atoms with van der Waals surface area (Å²) in [6.45, 7) is 13.8. The Morgan fingerprint density at radius 2 is 1.02 bits per heavy atom. The third kappa shape index (κ3) is 5.47. The van der Waals surface area contributed by atoms with Gasteiger partial charge in [-0.3, -0.25) is 0 Å². The molecule has 41 heavy (non-hydrogen) atoms. The van der Waals surface area contributed by atoms with Crippen LogP contribution in [-0.4, -0.2) is 26.4 Å². The Morgan fingerprint density at radius 1 is 0.585 bits per heavy atom. The van der Waals surface area contributed by atoms with Crippen molar-refractivity contribution in [2.45, 2.75) is 32.1 Å². The van der Waals surface area contributed by atoms with E-state index in [4.69, 9.17) is 18.9 Å². The van der Waals surface area contributed by atoms with E-state index in [1.165, 1.54) is 45.9 Å². The lowest BCUT2D eigenvalue weighted by Crippen LogP contribution is -2.29.